The van der Waals surface area contributed by atoms with E-state index in [1.807, 2.05) is 0 Å². The zero-order valence-corrected chi connectivity index (χ0v) is 12.0. The number of nitrogens with zero attached hydrogens (tertiary/aromatic N) is 3. The van der Waals surface area contributed by atoms with E-state index in [0.29, 0.717) is 0 Å². The predicted octanol–water partition coefficient (Wildman–Crippen LogP) is 2.24. The molecule has 2 aromatic heterocycles. The lowest BCUT2D eigenvalue weighted by molar-refractivity contribution is 0.187. The van der Waals surface area contributed by atoms with E-state index in [1.165, 1.54) is 5.56 Å². The fraction of sp³-hybridized carbons (Fsp3) is 0.462. The van der Waals surface area contributed by atoms with Gasteiger partial charge in [0, 0.05) is 19.1 Å². The van der Waals surface area contributed by atoms with Crippen LogP contribution in [0.5, 0.6) is 0 Å². The lowest BCUT2D eigenvalue weighted by atomic mass is 10.0. The summed E-state index contributed by atoms with van der Waals surface area (Å²) in [7, 11) is 0. The van der Waals surface area contributed by atoms with Crippen LogP contribution in [0.15, 0.2) is 11.7 Å². The van der Waals surface area contributed by atoms with Crippen LogP contribution in [0.1, 0.15) is 18.4 Å². The van der Waals surface area contributed by atoms with Crippen molar-refractivity contribution in [1.82, 2.24) is 15.3 Å². The molecule has 3 rings (SSSR count). The molecule has 0 saturated carbocycles. The average molecular weight is 292 g/mol. The normalized spacial score (nSPS) is 16.6. The smallest absolute Gasteiger partial charge is 0.404 e. The molecule has 0 radical (unpaired) electrons. The van der Waals surface area contributed by atoms with Crippen LogP contribution in [0.3, 0.4) is 0 Å². The van der Waals surface area contributed by atoms with Crippen LogP contribution in [0.4, 0.5) is 10.6 Å². The first-order valence-corrected chi connectivity index (χ1v) is 7.46. The quantitative estimate of drug-likeness (QED) is 0.887. The van der Waals surface area contributed by atoms with Crippen molar-refractivity contribution in [3.05, 3.63) is 17.3 Å². The van der Waals surface area contributed by atoms with E-state index >= 15 is 0 Å². The Morgan fingerprint density at radius 1 is 1.45 bits per heavy atom. The van der Waals surface area contributed by atoms with Crippen molar-refractivity contribution in [2.24, 2.45) is 0 Å². The lowest BCUT2D eigenvalue weighted by Gasteiger charge is -2.32. The van der Waals surface area contributed by atoms with Crippen molar-refractivity contribution in [1.29, 1.82) is 0 Å². The number of anilines is 1. The first-order valence-electron chi connectivity index (χ1n) is 6.58. The SMILES string of the molecule is Cc1csc2ncnc(N3CCC(NC(=O)O)CC3)c12. The largest absolute Gasteiger partial charge is 0.465 e. The van der Waals surface area contributed by atoms with Gasteiger partial charge in [0.15, 0.2) is 0 Å². The van der Waals surface area contributed by atoms with Gasteiger partial charge in [-0.05, 0) is 30.7 Å². The topological polar surface area (TPSA) is 78.4 Å². The Morgan fingerprint density at radius 3 is 2.90 bits per heavy atom. The van der Waals surface area contributed by atoms with Gasteiger partial charge in [-0.2, -0.15) is 0 Å². The molecule has 1 aliphatic heterocycles. The molecule has 0 aromatic carbocycles. The second kappa shape index (κ2) is 5.24. The third kappa shape index (κ3) is 2.40. The Hall–Kier alpha value is -1.89. The van der Waals surface area contributed by atoms with Gasteiger partial charge in [0.05, 0.1) is 5.39 Å². The molecule has 0 aliphatic carbocycles. The van der Waals surface area contributed by atoms with Crippen LogP contribution in [-0.4, -0.2) is 40.3 Å². The number of fused-ring (bicyclic) bond motifs is 1. The number of rotatable bonds is 2. The number of thiophene rings is 1. The first-order chi connectivity index (χ1) is 9.65. The summed E-state index contributed by atoms with van der Waals surface area (Å²) < 4.78 is 0. The van der Waals surface area contributed by atoms with Crippen molar-refractivity contribution in [3.8, 4) is 0 Å². The number of nitrogens with one attached hydrogen (secondary N) is 1. The predicted molar refractivity (Wildman–Crippen MR) is 78.5 cm³/mol. The zero-order chi connectivity index (χ0) is 14.1. The van der Waals surface area contributed by atoms with Crippen LogP contribution in [0, 0.1) is 6.92 Å². The van der Waals surface area contributed by atoms with E-state index < -0.39 is 6.09 Å². The van der Waals surface area contributed by atoms with Crippen molar-refractivity contribution in [2.45, 2.75) is 25.8 Å². The molecule has 20 heavy (non-hydrogen) atoms. The second-order valence-corrected chi connectivity index (χ2v) is 5.87. The zero-order valence-electron chi connectivity index (χ0n) is 11.2. The fourth-order valence-corrected chi connectivity index (χ4v) is 3.53. The Bertz CT molecular complexity index is 634. The molecule has 2 aromatic rings. The second-order valence-electron chi connectivity index (χ2n) is 5.01. The summed E-state index contributed by atoms with van der Waals surface area (Å²) in [6.07, 6.45) is 2.28. The average Bonchev–Trinajstić information content (AvgIpc) is 2.81. The maximum absolute atomic E-state index is 10.7. The Morgan fingerprint density at radius 2 is 2.20 bits per heavy atom. The number of aromatic nitrogens is 2. The van der Waals surface area contributed by atoms with Gasteiger partial charge in [-0.3, -0.25) is 0 Å². The minimum atomic E-state index is -0.943. The molecule has 2 N–H and O–H groups in total. The molecule has 1 fully saturated rings. The Labute approximate surface area is 120 Å². The Kier molecular flexibility index (Phi) is 3.43. The molecule has 0 spiro atoms. The highest BCUT2D eigenvalue weighted by Crippen LogP contribution is 2.31. The number of hydrogen-bond donors (Lipinski definition) is 2. The summed E-state index contributed by atoms with van der Waals surface area (Å²) in [5.74, 6) is 0.975. The van der Waals surface area contributed by atoms with Crippen molar-refractivity contribution in [2.75, 3.05) is 18.0 Å². The molecular weight excluding hydrogens is 276 g/mol. The van der Waals surface area contributed by atoms with Gasteiger partial charge in [-0.1, -0.05) is 0 Å². The standard InChI is InChI=1S/C13H16N4O2S/c1-8-6-20-12-10(8)11(14-7-15-12)17-4-2-9(3-5-17)16-13(18)19/h6-7,9,16H,2-5H2,1H3,(H,18,19). The highest BCUT2D eigenvalue weighted by molar-refractivity contribution is 7.17. The highest BCUT2D eigenvalue weighted by atomic mass is 32.1. The number of carbonyl (C=O) groups is 1. The maximum Gasteiger partial charge on any atom is 0.404 e. The monoisotopic (exact) mass is 292 g/mol. The van der Waals surface area contributed by atoms with Gasteiger partial charge in [0.25, 0.3) is 0 Å². The first kappa shape index (κ1) is 13.1. The lowest BCUT2D eigenvalue weighted by Crippen LogP contribution is -2.44. The summed E-state index contributed by atoms with van der Waals surface area (Å²) in [6, 6.07) is 0.0460. The molecule has 7 heteroatoms. The molecule has 6 nitrogen and oxygen atoms in total. The van der Waals surface area contributed by atoms with Crippen LogP contribution < -0.4 is 10.2 Å². The molecule has 0 atom stereocenters. The van der Waals surface area contributed by atoms with E-state index in [0.717, 1.165) is 42.0 Å². The van der Waals surface area contributed by atoms with Gasteiger partial charge in [0.2, 0.25) is 0 Å². The van der Waals surface area contributed by atoms with E-state index in [1.54, 1.807) is 17.7 Å². The van der Waals surface area contributed by atoms with Gasteiger partial charge in [0.1, 0.15) is 17.0 Å². The molecule has 1 amide bonds. The van der Waals surface area contributed by atoms with Crippen LogP contribution in [0.25, 0.3) is 10.2 Å². The van der Waals surface area contributed by atoms with Crippen LogP contribution >= 0.6 is 11.3 Å². The number of carboxylic acid groups (broad SMARTS) is 1. The third-order valence-electron chi connectivity index (χ3n) is 3.66. The van der Waals surface area contributed by atoms with Gasteiger partial charge < -0.3 is 15.3 Å². The third-order valence-corrected chi connectivity index (χ3v) is 4.66. The molecule has 0 bridgehead atoms. The number of aryl methyl sites for hydroxylation is 1. The van der Waals surface area contributed by atoms with Crippen molar-refractivity contribution >= 4 is 33.5 Å². The van der Waals surface area contributed by atoms with Gasteiger partial charge in [-0.25, -0.2) is 14.8 Å². The summed E-state index contributed by atoms with van der Waals surface area (Å²) in [4.78, 5) is 22.6. The molecule has 0 unspecified atom stereocenters. The maximum atomic E-state index is 10.7. The van der Waals surface area contributed by atoms with Crippen LogP contribution in [0.2, 0.25) is 0 Å². The minimum Gasteiger partial charge on any atom is -0.465 e. The molecule has 1 aliphatic rings. The van der Waals surface area contributed by atoms with Crippen LogP contribution in [-0.2, 0) is 0 Å². The summed E-state index contributed by atoms with van der Waals surface area (Å²) in [5, 5.41) is 14.5. The van der Waals surface area contributed by atoms with E-state index in [2.05, 4.69) is 32.5 Å². The Balaban J connectivity index is 1.80. The van der Waals surface area contributed by atoms with Gasteiger partial charge >= 0.3 is 6.09 Å². The summed E-state index contributed by atoms with van der Waals surface area (Å²) in [6.45, 7) is 3.70. The number of hydrogen-bond acceptors (Lipinski definition) is 5. The van der Waals surface area contributed by atoms with Crippen molar-refractivity contribution < 1.29 is 9.90 Å². The molecule has 106 valence electrons. The summed E-state index contributed by atoms with van der Waals surface area (Å²) >= 11 is 1.63. The highest BCUT2D eigenvalue weighted by Gasteiger charge is 2.23. The number of piperidine rings is 1. The van der Waals surface area contributed by atoms with Crippen molar-refractivity contribution in [3.63, 3.8) is 0 Å². The van der Waals surface area contributed by atoms with E-state index in [4.69, 9.17) is 5.11 Å². The van der Waals surface area contributed by atoms with Gasteiger partial charge in [-0.15, -0.1) is 11.3 Å². The van der Waals surface area contributed by atoms with E-state index in [-0.39, 0.29) is 6.04 Å². The summed E-state index contributed by atoms with van der Waals surface area (Å²) in [5.41, 5.74) is 1.20. The van der Waals surface area contributed by atoms with E-state index in [9.17, 15) is 4.79 Å². The molecule has 3 heterocycles. The molecule has 1 saturated heterocycles. The molecular formula is C13H16N4O2S. The number of amides is 1. The fourth-order valence-electron chi connectivity index (χ4n) is 2.65. The minimum absolute atomic E-state index is 0.0460.